The molecule has 3 aromatic rings. The molecule has 0 amide bonds. The fraction of sp³-hybridized carbons (Fsp3) is 0.610. The number of carbonyl (C=O) groups excluding carboxylic acids is 1. The summed E-state index contributed by atoms with van der Waals surface area (Å²) in [6.45, 7) is 19.3. The van der Waals surface area contributed by atoms with Crippen molar-refractivity contribution in [3.05, 3.63) is 52.6 Å². The molecule has 9 heteroatoms. The Kier molecular flexibility index (Phi) is 15.0. The molecule has 3 atom stereocenters. The molecule has 270 valence electrons. The summed E-state index contributed by atoms with van der Waals surface area (Å²) in [7, 11) is 0. The van der Waals surface area contributed by atoms with Crippen LogP contribution >= 0.6 is 11.3 Å². The predicted octanol–water partition coefficient (Wildman–Crippen LogP) is 11.2. The fourth-order valence-corrected chi connectivity index (χ4v) is 7.77. The summed E-state index contributed by atoms with van der Waals surface area (Å²) in [5.74, 6) is 1.93. The number of unbranched alkanes of at least 4 members (excludes halogenated alkanes) is 3. The van der Waals surface area contributed by atoms with E-state index in [0.717, 1.165) is 73.0 Å². The van der Waals surface area contributed by atoms with Gasteiger partial charge < -0.3 is 4.90 Å². The molecule has 2 aromatic heterocycles. The molecule has 1 aliphatic rings. The molecule has 0 aliphatic carbocycles. The molecule has 4 rings (SSSR count). The Morgan fingerprint density at radius 3 is 2.00 bits per heavy atom. The van der Waals surface area contributed by atoms with Crippen LogP contribution in [0.1, 0.15) is 153 Å². The predicted molar refractivity (Wildman–Crippen MR) is 209 cm³/mol. The van der Waals surface area contributed by atoms with Crippen LogP contribution in [0.2, 0.25) is 0 Å². The first kappa shape index (κ1) is 39.2. The van der Waals surface area contributed by atoms with Gasteiger partial charge in [-0.1, -0.05) is 134 Å². The molecule has 0 saturated carbocycles. The zero-order chi connectivity index (χ0) is 36.2. The lowest BCUT2D eigenvalue weighted by atomic mass is 9.96. The molecule has 50 heavy (non-hydrogen) atoms. The molecular weight excluding hydrogens is 639 g/mol. The first-order valence-electron chi connectivity index (χ1n) is 19.3. The molecular formula is C41H59N7OS. The van der Waals surface area contributed by atoms with Crippen LogP contribution in [0.4, 0.5) is 10.1 Å². The van der Waals surface area contributed by atoms with Crippen molar-refractivity contribution in [1.29, 1.82) is 5.26 Å². The third kappa shape index (κ3) is 9.37. The van der Waals surface area contributed by atoms with E-state index < -0.39 is 5.91 Å². The van der Waals surface area contributed by atoms with E-state index in [0.29, 0.717) is 34.8 Å². The van der Waals surface area contributed by atoms with Gasteiger partial charge >= 0.3 is 0 Å². The summed E-state index contributed by atoms with van der Waals surface area (Å²) in [5.41, 5.74) is 4.10. The van der Waals surface area contributed by atoms with Gasteiger partial charge in [0.2, 0.25) is 0 Å². The average molecular weight is 698 g/mol. The van der Waals surface area contributed by atoms with Crippen LogP contribution in [0.25, 0.3) is 11.3 Å². The standard InChI is InChI=1S/C41H59N7OS/c1-9-15-18-30(12-4)26-47(27-31(13-5)19-16-10-2)41-44-36(33-23-21-28(7)22-24-33)39(50-41)43-35-29(8)34(25-42)40(49)48-38(35)45-37(46-48)32(14-6)20-17-11-3/h21-24,30-32H,9-20,26-27H2,1-8H3. The molecule has 0 bridgehead atoms. The van der Waals surface area contributed by atoms with Crippen LogP contribution in [0.15, 0.2) is 40.4 Å². The number of aliphatic imine (C=N–C) groups is 1. The highest BCUT2D eigenvalue weighted by Crippen LogP contribution is 2.42. The number of nitriles is 1. The van der Waals surface area contributed by atoms with Crippen LogP contribution in [0.3, 0.4) is 0 Å². The van der Waals surface area contributed by atoms with E-state index in [1.54, 1.807) is 18.3 Å². The highest BCUT2D eigenvalue weighted by atomic mass is 32.1. The summed E-state index contributed by atoms with van der Waals surface area (Å²) >= 11 is 1.61. The molecule has 1 aromatic carbocycles. The number of benzene rings is 1. The van der Waals surface area contributed by atoms with E-state index in [9.17, 15) is 10.1 Å². The number of rotatable bonds is 20. The van der Waals surface area contributed by atoms with Crippen LogP contribution < -0.4 is 4.90 Å². The van der Waals surface area contributed by atoms with Gasteiger partial charge in [-0.15, -0.1) is 5.10 Å². The zero-order valence-corrected chi connectivity index (χ0v) is 32.7. The minimum absolute atomic E-state index is 0.0565. The summed E-state index contributed by atoms with van der Waals surface area (Å²) in [4.78, 5) is 31.7. The molecule has 3 heterocycles. The van der Waals surface area contributed by atoms with E-state index in [4.69, 9.17) is 20.1 Å². The SMILES string of the molecule is CCCCC(CC)CN(CC(CC)CCCC)c1nc(-c2ccc(C)cc2)c(N=C2C(C)=C(C#N)C(=O)n3nc(C(CC)CCCC)nc32)s1. The monoisotopic (exact) mass is 697 g/mol. The number of hydrogen-bond acceptors (Lipinski definition) is 8. The molecule has 8 nitrogen and oxygen atoms in total. The van der Waals surface area contributed by atoms with Gasteiger partial charge in [-0.25, -0.2) is 15.0 Å². The van der Waals surface area contributed by atoms with Crippen molar-refractivity contribution in [3.8, 4) is 17.3 Å². The van der Waals surface area contributed by atoms with Crippen LogP contribution in [0.5, 0.6) is 0 Å². The van der Waals surface area contributed by atoms with E-state index in [-0.39, 0.29) is 11.5 Å². The highest BCUT2D eigenvalue weighted by Gasteiger charge is 2.34. The molecule has 3 unspecified atom stereocenters. The second-order valence-electron chi connectivity index (χ2n) is 14.1. The van der Waals surface area contributed by atoms with Crippen molar-refractivity contribution >= 4 is 33.1 Å². The number of hydrogen-bond donors (Lipinski definition) is 0. The first-order chi connectivity index (χ1) is 24.2. The third-order valence-corrected chi connectivity index (χ3v) is 11.3. The molecule has 0 saturated heterocycles. The number of fused-ring (bicyclic) bond motifs is 1. The number of allylic oxidation sites excluding steroid dienone is 2. The van der Waals surface area contributed by atoms with Gasteiger partial charge in [0, 0.05) is 30.1 Å². The van der Waals surface area contributed by atoms with E-state index in [1.807, 2.05) is 0 Å². The fourth-order valence-electron chi connectivity index (χ4n) is 6.78. The molecule has 0 fully saturated rings. The second-order valence-corrected chi connectivity index (χ2v) is 15.0. The van der Waals surface area contributed by atoms with E-state index >= 15 is 0 Å². The Morgan fingerprint density at radius 1 is 0.860 bits per heavy atom. The van der Waals surface area contributed by atoms with E-state index in [1.165, 1.54) is 48.8 Å². The Labute approximate surface area is 305 Å². The van der Waals surface area contributed by atoms with Crippen molar-refractivity contribution in [2.24, 2.45) is 16.8 Å². The van der Waals surface area contributed by atoms with Crippen LogP contribution in [-0.4, -0.2) is 44.5 Å². The maximum atomic E-state index is 13.5. The smallest absolute Gasteiger partial charge is 0.291 e. The number of anilines is 1. The van der Waals surface area contributed by atoms with Crippen molar-refractivity contribution in [2.45, 2.75) is 138 Å². The first-order valence-corrected chi connectivity index (χ1v) is 20.1. The van der Waals surface area contributed by atoms with Gasteiger partial charge in [0.1, 0.15) is 28.0 Å². The maximum absolute atomic E-state index is 13.5. The molecule has 1 aliphatic heterocycles. The molecule has 0 spiro atoms. The van der Waals surface area contributed by atoms with Gasteiger partial charge in [-0.05, 0) is 51.4 Å². The second kappa shape index (κ2) is 19.1. The summed E-state index contributed by atoms with van der Waals surface area (Å²) in [5, 5.41) is 16.6. The summed E-state index contributed by atoms with van der Waals surface area (Å²) in [6.07, 6.45) is 13.5. The number of nitrogens with zero attached hydrogens (tertiary/aromatic N) is 7. The average Bonchev–Trinajstić information content (AvgIpc) is 3.76. The Balaban J connectivity index is 1.90. The minimum atomic E-state index is -0.437. The highest BCUT2D eigenvalue weighted by molar-refractivity contribution is 7.19. The van der Waals surface area contributed by atoms with Crippen molar-refractivity contribution in [1.82, 2.24) is 19.7 Å². The number of carbonyl (C=O) groups is 1. The van der Waals surface area contributed by atoms with Crippen molar-refractivity contribution in [2.75, 3.05) is 18.0 Å². The van der Waals surface area contributed by atoms with Gasteiger partial charge in [-0.3, -0.25) is 4.79 Å². The van der Waals surface area contributed by atoms with Crippen molar-refractivity contribution < 1.29 is 4.79 Å². The zero-order valence-electron chi connectivity index (χ0n) is 31.9. The Hall–Kier alpha value is -3.64. The normalized spacial score (nSPS) is 15.7. The van der Waals surface area contributed by atoms with E-state index in [2.05, 4.69) is 83.7 Å². The van der Waals surface area contributed by atoms with Crippen LogP contribution in [0, 0.1) is 30.1 Å². The lowest BCUT2D eigenvalue weighted by Gasteiger charge is -2.30. The molecule has 0 N–H and O–H groups in total. The van der Waals surface area contributed by atoms with Crippen LogP contribution in [-0.2, 0) is 0 Å². The molecule has 0 radical (unpaired) electrons. The van der Waals surface area contributed by atoms with Crippen molar-refractivity contribution in [3.63, 3.8) is 0 Å². The Bertz CT molecular complexity index is 1640. The number of aryl methyl sites for hydroxylation is 1. The third-order valence-electron chi connectivity index (χ3n) is 10.3. The topological polar surface area (TPSA) is 100 Å². The lowest BCUT2D eigenvalue weighted by Crippen LogP contribution is -2.34. The maximum Gasteiger partial charge on any atom is 0.291 e. The van der Waals surface area contributed by atoms with Gasteiger partial charge in [0.25, 0.3) is 5.91 Å². The van der Waals surface area contributed by atoms with Gasteiger partial charge in [0.15, 0.2) is 16.8 Å². The minimum Gasteiger partial charge on any atom is -0.347 e. The summed E-state index contributed by atoms with van der Waals surface area (Å²) in [6, 6.07) is 10.6. The number of aromatic nitrogens is 4. The van der Waals surface area contributed by atoms with Gasteiger partial charge in [0.05, 0.1) is 0 Å². The van der Waals surface area contributed by atoms with Gasteiger partial charge in [-0.2, -0.15) is 9.94 Å². The number of thiazole rings is 1. The largest absolute Gasteiger partial charge is 0.347 e. The summed E-state index contributed by atoms with van der Waals surface area (Å²) < 4.78 is 1.31. The quantitative estimate of drug-likeness (QED) is 0.116. The lowest BCUT2D eigenvalue weighted by molar-refractivity contribution is 0.0941. The Morgan fingerprint density at radius 2 is 1.46 bits per heavy atom.